The first-order chi connectivity index (χ1) is 13.2. The molecule has 0 aliphatic carbocycles. The van der Waals surface area contributed by atoms with E-state index in [0.29, 0.717) is 18.7 Å². The second-order valence-corrected chi connectivity index (χ2v) is 6.68. The molecule has 0 radical (unpaired) electrons. The maximum atomic E-state index is 12.8. The Morgan fingerprint density at radius 3 is 2.41 bits per heavy atom. The van der Waals surface area contributed by atoms with E-state index in [0.717, 1.165) is 24.3 Å². The maximum absolute atomic E-state index is 12.8. The third-order valence-corrected chi connectivity index (χ3v) is 4.80. The summed E-state index contributed by atoms with van der Waals surface area (Å²) < 4.78 is 0. The number of piperazine rings is 1. The number of carbonyl (C=O) groups is 1. The monoisotopic (exact) mass is 359 g/mol. The lowest BCUT2D eigenvalue weighted by atomic mass is 10.1. The summed E-state index contributed by atoms with van der Waals surface area (Å²) in [5.41, 5.74) is 4.68. The van der Waals surface area contributed by atoms with E-state index in [4.69, 9.17) is 0 Å². The highest BCUT2D eigenvalue weighted by Gasteiger charge is 2.22. The highest BCUT2D eigenvalue weighted by Crippen LogP contribution is 2.19. The van der Waals surface area contributed by atoms with Gasteiger partial charge in [0.1, 0.15) is 6.33 Å². The van der Waals surface area contributed by atoms with Crippen LogP contribution in [-0.4, -0.2) is 51.9 Å². The fraction of sp³-hybridized carbons (Fsp3) is 0.238. The van der Waals surface area contributed by atoms with Gasteiger partial charge >= 0.3 is 0 Å². The van der Waals surface area contributed by atoms with Crippen molar-refractivity contribution in [3.8, 4) is 11.3 Å². The molecule has 27 heavy (non-hydrogen) atoms. The molecule has 6 heteroatoms. The Kier molecular flexibility index (Phi) is 4.78. The van der Waals surface area contributed by atoms with Gasteiger partial charge in [-0.05, 0) is 36.8 Å². The third kappa shape index (κ3) is 3.79. The second kappa shape index (κ2) is 7.53. The summed E-state index contributed by atoms with van der Waals surface area (Å²) in [7, 11) is 0. The number of hydrogen-bond acceptors (Lipinski definition) is 5. The number of carbonyl (C=O) groups excluding carboxylic acids is 1. The highest BCUT2D eigenvalue weighted by molar-refractivity contribution is 5.94. The minimum atomic E-state index is 0.0299. The molecule has 1 fully saturated rings. The molecule has 0 N–H and O–H groups in total. The maximum Gasteiger partial charge on any atom is 0.255 e. The van der Waals surface area contributed by atoms with Crippen molar-refractivity contribution in [2.75, 3.05) is 31.1 Å². The van der Waals surface area contributed by atoms with Gasteiger partial charge in [0.15, 0.2) is 0 Å². The Hall–Kier alpha value is -3.28. The SMILES string of the molecule is Cc1cccc(N2CCN(C(=O)c3ccc(-c4cncnc4)nc3)CC2)c1. The zero-order chi connectivity index (χ0) is 18.6. The fourth-order valence-corrected chi connectivity index (χ4v) is 3.30. The van der Waals surface area contributed by atoms with Crippen LogP contribution in [0.25, 0.3) is 11.3 Å². The molecule has 3 aromatic rings. The van der Waals surface area contributed by atoms with Crippen molar-refractivity contribution in [1.29, 1.82) is 0 Å². The number of aromatic nitrogens is 3. The Morgan fingerprint density at radius 1 is 0.963 bits per heavy atom. The predicted octanol–water partition coefficient (Wildman–Crippen LogP) is 2.81. The lowest BCUT2D eigenvalue weighted by molar-refractivity contribution is 0.0746. The lowest BCUT2D eigenvalue weighted by Gasteiger charge is -2.36. The number of benzene rings is 1. The quantitative estimate of drug-likeness (QED) is 0.720. The highest BCUT2D eigenvalue weighted by atomic mass is 16.2. The summed E-state index contributed by atoms with van der Waals surface area (Å²) in [5.74, 6) is 0.0299. The molecule has 1 aliphatic heterocycles. The van der Waals surface area contributed by atoms with Crippen LogP contribution in [-0.2, 0) is 0 Å². The topological polar surface area (TPSA) is 62.2 Å². The van der Waals surface area contributed by atoms with Gasteiger partial charge in [0.2, 0.25) is 0 Å². The molecule has 0 bridgehead atoms. The van der Waals surface area contributed by atoms with E-state index in [1.54, 1.807) is 18.6 Å². The molecule has 3 heterocycles. The van der Waals surface area contributed by atoms with Crippen LogP contribution in [0.15, 0.2) is 61.3 Å². The number of anilines is 1. The minimum Gasteiger partial charge on any atom is -0.368 e. The van der Waals surface area contributed by atoms with Gasteiger partial charge in [0, 0.05) is 56.0 Å². The van der Waals surface area contributed by atoms with Crippen LogP contribution in [0.2, 0.25) is 0 Å². The van der Waals surface area contributed by atoms with Crippen LogP contribution in [0.1, 0.15) is 15.9 Å². The van der Waals surface area contributed by atoms with Crippen molar-refractivity contribution in [1.82, 2.24) is 19.9 Å². The van der Waals surface area contributed by atoms with Crippen LogP contribution in [0.3, 0.4) is 0 Å². The summed E-state index contributed by atoms with van der Waals surface area (Å²) in [6, 6.07) is 12.2. The van der Waals surface area contributed by atoms with Gasteiger partial charge in [0.05, 0.1) is 11.3 Å². The van der Waals surface area contributed by atoms with E-state index in [9.17, 15) is 4.79 Å². The van der Waals surface area contributed by atoms with Gasteiger partial charge in [-0.1, -0.05) is 12.1 Å². The zero-order valence-corrected chi connectivity index (χ0v) is 15.2. The molecule has 2 aromatic heterocycles. The molecule has 4 rings (SSSR count). The Morgan fingerprint density at radius 2 is 1.74 bits per heavy atom. The first-order valence-electron chi connectivity index (χ1n) is 9.03. The first kappa shape index (κ1) is 17.1. The van der Waals surface area contributed by atoms with Crippen molar-refractivity contribution >= 4 is 11.6 Å². The summed E-state index contributed by atoms with van der Waals surface area (Å²) >= 11 is 0. The molecule has 1 aliphatic rings. The molecule has 6 nitrogen and oxygen atoms in total. The summed E-state index contributed by atoms with van der Waals surface area (Å²) in [6.45, 7) is 5.19. The summed E-state index contributed by atoms with van der Waals surface area (Å²) in [4.78, 5) is 29.4. The number of rotatable bonds is 3. The Balaban J connectivity index is 1.41. The van der Waals surface area contributed by atoms with Crippen LogP contribution in [0.5, 0.6) is 0 Å². The van der Waals surface area contributed by atoms with Gasteiger partial charge in [-0.25, -0.2) is 9.97 Å². The molecule has 1 aromatic carbocycles. The Labute approximate surface area is 158 Å². The fourth-order valence-electron chi connectivity index (χ4n) is 3.30. The van der Waals surface area contributed by atoms with E-state index in [1.807, 2.05) is 17.0 Å². The van der Waals surface area contributed by atoms with Gasteiger partial charge in [-0.3, -0.25) is 9.78 Å². The van der Waals surface area contributed by atoms with E-state index >= 15 is 0 Å². The van der Waals surface area contributed by atoms with Crippen molar-refractivity contribution in [2.45, 2.75) is 6.92 Å². The van der Waals surface area contributed by atoms with Crippen LogP contribution >= 0.6 is 0 Å². The molecule has 0 unspecified atom stereocenters. The van der Waals surface area contributed by atoms with E-state index < -0.39 is 0 Å². The van der Waals surface area contributed by atoms with E-state index in [2.05, 4.69) is 51.0 Å². The summed E-state index contributed by atoms with van der Waals surface area (Å²) in [6.07, 6.45) is 6.54. The minimum absolute atomic E-state index is 0.0299. The molecule has 1 saturated heterocycles. The van der Waals surface area contributed by atoms with Crippen molar-refractivity contribution in [3.63, 3.8) is 0 Å². The van der Waals surface area contributed by atoms with Gasteiger partial charge < -0.3 is 9.80 Å². The average molecular weight is 359 g/mol. The molecule has 0 atom stereocenters. The Bertz CT molecular complexity index is 919. The van der Waals surface area contributed by atoms with E-state index in [1.165, 1.54) is 17.6 Å². The van der Waals surface area contributed by atoms with Crippen LogP contribution in [0, 0.1) is 6.92 Å². The summed E-state index contributed by atoms with van der Waals surface area (Å²) in [5, 5.41) is 0. The third-order valence-electron chi connectivity index (χ3n) is 4.80. The molecular weight excluding hydrogens is 338 g/mol. The molecule has 136 valence electrons. The van der Waals surface area contributed by atoms with Crippen LogP contribution < -0.4 is 4.90 Å². The average Bonchev–Trinajstić information content (AvgIpc) is 2.74. The van der Waals surface area contributed by atoms with Gasteiger partial charge in [0.25, 0.3) is 5.91 Å². The number of pyridine rings is 1. The molecular formula is C21H21N5O. The number of aryl methyl sites for hydroxylation is 1. The smallest absolute Gasteiger partial charge is 0.255 e. The molecule has 0 spiro atoms. The van der Waals surface area contributed by atoms with Crippen molar-refractivity contribution in [2.24, 2.45) is 0 Å². The lowest BCUT2D eigenvalue weighted by Crippen LogP contribution is -2.48. The predicted molar refractivity (Wildman–Crippen MR) is 105 cm³/mol. The van der Waals surface area contributed by atoms with Crippen molar-refractivity contribution in [3.05, 3.63) is 72.4 Å². The van der Waals surface area contributed by atoms with Gasteiger partial charge in [-0.2, -0.15) is 0 Å². The number of hydrogen-bond donors (Lipinski definition) is 0. The zero-order valence-electron chi connectivity index (χ0n) is 15.2. The first-order valence-corrected chi connectivity index (χ1v) is 9.03. The normalized spacial score (nSPS) is 14.3. The second-order valence-electron chi connectivity index (χ2n) is 6.68. The molecule has 1 amide bonds. The van der Waals surface area contributed by atoms with Gasteiger partial charge in [-0.15, -0.1) is 0 Å². The molecule has 0 saturated carbocycles. The largest absolute Gasteiger partial charge is 0.368 e. The standard InChI is InChI=1S/C21H21N5O/c1-16-3-2-4-19(11-16)25-7-9-26(10-8-25)21(27)17-5-6-20(24-14-17)18-12-22-15-23-13-18/h2-6,11-15H,7-10H2,1H3. The van der Waals surface area contributed by atoms with E-state index in [-0.39, 0.29) is 5.91 Å². The number of nitrogens with zero attached hydrogens (tertiary/aromatic N) is 5. The number of amides is 1. The van der Waals surface area contributed by atoms with Crippen LogP contribution in [0.4, 0.5) is 5.69 Å². The van der Waals surface area contributed by atoms with Crippen molar-refractivity contribution < 1.29 is 4.79 Å².